The van der Waals surface area contributed by atoms with Crippen molar-refractivity contribution in [2.45, 2.75) is 103 Å². The first-order valence-corrected chi connectivity index (χ1v) is 10.7. The van der Waals surface area contributed by atoms with Gasteiger partial charge in [0.15, 0.2) is 0 Å². The minimum Gasteiger partial charge on any atom is -0.381 e. The molecular weight excluding hydrogens is 289 g/mol. The largest absolute Gasteiger partial charge is 0.381 e. The summed E-state index contributed by atoms with van der Waals surface area (Å²) in [6.07, 6.45) is 23.9. The number of hydrogen-bond donors (Lipinski definition) is 2. The molecular formula is C19H42NOP. The first kappa shape index (κ1) is 22.4. The van der Waals surface area contributed by atoms with E-state index in [2.05, 4.69) is 14.6 Å². The highest BCUT2D eigenvalue weighted by molar-refractivity contribution is 7.16. The third kappa shape index (κ3) is 20.3. The summed E-state index contributed by atoms with van der Waals surface area (Å²) in [7, 11) is 2.82. The van der Waals surface area contributed by atoms with Gasteiger partial charge in [-0.3, -0.25) is 5.32 Å². The van der Waals surface area contributed by atoms with Crippen molar-refractivity contribution in [1.29, 1.82) is 0 Å². The molecule has 1 unspecified atom stereocenters. The number of rotatable bonds is 19. The van der Waals surface area contributed by atoms with Crippen LogP contribution in [0.15, 0.2) is 0 Å². The van der Waals surface area contributed by atoms with Gasteiger partial charge in [-0.2, -0.15) is 0 Å². The quantitative estimate of drug-likeness (QED) is 0.182. The molecule has 0 heterocycles. The molecule has 2 N–H and O–H groups in total. The van der Waals surface area contributed by atoms with Crippen molar-refractivity contribution in [1.82, 2.24) is 5.32 Å². The third-order valence-corrected chi connectivity index (χ3v) is 4.83. The fourth-order valence-electron chi connectivity index (χ4n) is 2.95. The maximum atomic E-state index is 8.59. The Hall–Kier alpha value is 0.350. The maximum absolute atomic E-state index is 8.59. The van der Waals surface area contributed by atoms with Crippen molar-refractivity contribution in [3.05, 3.63) is 0 Å². The summed E-state index contributed by atoms with van der Waals surface area (Å²) in [4.78, 5) is 0. The summed E-state index contributed by atoms with van der Waals surface area (Å²) in [6.45, 7) is 1.09. The van der Waals surface area contributed by atoms with Crippen molar-refractivity contribution in [2.75, 3.05) is 19.4 Å². The van der Waals surface area contributed by atoms with Gasteiger partial charge in [0, 0.05) is 0 Å². The highest BCUT2D eigenvalue weighted by atomic mass is 31.0. The van der Waals surface area contributed by atoms with E-state index in [9.17, 15) is 0 Å². The summed E-state index contributed by atoms with van der Waals surface area (Å²) >= 11 is 0. The lowest BCUT2D eigenvalue weighted by Crippen LogP contribution is -2.15. The second kappa shape index (κ2) is 21.4. The van der Waals surface area contributed by atoms with Gasteiger partial charge in [-0.05, 0) is 25.5 Å². The first-order chi connectivity index (χ1) is 10.9. The van der Waals surface area contributed by atoms with Gasteiger partial charge in [0.25, 0.3) is 0 Å². The maximum Gasteiger partial charge on any atom is 0.0931 e. The van der Waals surface area contributed by atoms with Gasteiger partial charge in [0.05, 0.1) is 6.73 Å². The van der Waals surface area contributed by atoms with E-state index in [0.29, 0.717) is 0 Å². The minimum absolute atomic E-state index is 0.123. The van der Waals surface area contributed by atoms with Crippen molar-refractivity contribution >= 4 is 9.24 Å². The van der Waals surface area contributed by atoms with E-state index in [1.54, 1.807) is 0 Å². The Balaban J connectivity index is 2.91. The number of aliphatic hydroxyl groups excluding tert-OH is 1. The zero-order valence-corrected chi connectivity index (χ0v) is 16.1. The smallest absolute Gasteiger partial charge is 0.0931 e. The first-order valence-electron chi connectivity index (χ1n) is 9.93. The summed E-state index contributed by atoms with van der Waals surface area (Å²) in [6, 6.07) is 0. The van der Waals surface area contributed by atoms with Crippen molar-refractivity contribution in [3.63, 3.8) is 0 Å². The summed E-state index contributed by atoms with van der Waals surface area (Å²) < 4.78 is 0. The van der Waals surface area contributed by atoms with Crippen LogP contribution in [0.1, 0.15) is 103 Å². The van der Waals surface area contributed by atoms with Gasteiger partial charge in [-0.25, -0.2) is 0 Å². The molecule has 0 aliphatic rings. The number of unbranched alkanes of at least 4 members (excludes halogenated alkanes) is 15. The van der Waals surface area contributed by atoms with Crippen LogP contribution < -0.4 is 5.32 Å². The predicted molar refractivity (Wildman–Crippen MR) is 104 cm³/mol. The van der Waals surface area contributed by atoms with Crippen molar-refractivity contribution < 1.29 is 5.11 Å². The lowest BCUT2D eigenvalue weighted by Gasteiger charge is -2.04. The predicted octanol–water partition coefficient (Wildman–Crippen LogP) is 5.64. The molecule has 0 amide bonds. The highest BCUT2D eigenvalue weighted by Gasteiger charge is 1.94. The Morgan fingerprint density at radius 1 is 0.500 bits per heavy atom. The average molecular weight is 332 g/mol. The molecule has 0 saturated carbocycles. The molecule has 0 aliphatic heterocycles. The van der Waals surface area contributed by atoms with E-state index < -0.39 is 0 Å². The Morgan fingerprint density at radius 3 is 1.14 bits per heavy atom. The second-order valence-corrected chi connectivity index (χ2v) is 7.18. The topological polar surface area (TPSA) is 32.3 Å². The van der Waals surface area contributed by atoms with E-state index in [1.807, 2.05) is 0 Å². The number of hydrogen-bond acceptors (Lipinski definition) is 2. The molecule has 0 bridgehead atoms. The molecule has 0 aromatic heterocycles. The van der Waals surface area contributed by atoms with E-state index in [1.165, 1.54) is 109 Å². The highest BCUT2D eigenvalue weighted by Crippen LogP contribution is 2.13. The summed E-state index contributed by atoms with van der Waals surface area (Å²) in [5.41, 5.74) is 0. The molecule has 0 radical (unpaired) electrons. The van der Waals surface area contributed by atoms with Crippen LogP contribution in [0.25, 0.3) is 0 Å². The van der Waals surface area contributed by atoms with Crippen LogP contribution in [0.5, 0.6) is 0 Å². The standard InChI is InChI=1S/C19H42NOP/c21-19-20-17-15-13-11-9-7-5-3-1-2-4-6-8-10-12-14-16-18-22/h20-21H,1-19,22H2. The van der Waals surface area contributed by atoms with Crippen LogP contribution in [0.2, 0.25) is 0 Å². The SMILES string of the molecule is OCNCCCCCCCCCCCCCCCCCCP. The molecule has 0 aromatic carbocycles. The van der Waals surface area contributed by atoms with Crippen LogP contribution in [0.4, 0.5) is 0 Å². The molecule has 1 atom stereocenters. The molecule has 0 fully saturated rings. The molecule has 0 saturated heterocycles. The van der Waals surface area contributed by atoms with Gasteiger partial charge in [0.2, 0.25) is 0 Å². The zero-order valence-electron chi connectivity index (χ0n) is 15.0. The van der Waals surface area contributed by atoms with E-state index in [-0.39, 0.29) is 6.73 Å². The molecule has 2 nitrogen and oxygen atoms in total. The lowest BCUT2D eigenvalue weighted by atomic mass is 10.0. The monoisotopic (exact) mass is 331 g/mol. The Bertz CT molecular complexity index is 170. The van der Waals surface area contributed by atoms with Crippen LogP contribution in [-0.2, 0) is 0 Å². The molecule has 0 aromatic rings. The van der Waals surface area contributed by atoms with Crippen LogP contribution in [0.3, 0.4) is 0 Å². The molecule has 22 heavy (non-hydrogen) atoms. The van der Waals surface area contributed by atoms with E-state index >= 15 is 0 Å². The Labute approximate surface area is 142 Å². The zero-order chi connectivity index (χ0) is 16.1. The van der Waals surface area contributed by atoms with Crippen LogP contribution in [0, 0.1) is 0 Å². The van der Waals surface area contributed by atoms with E-state index in [0.717, 1.165) is 6.54 Å². The Morgan fingerprint density at radius 2 is 0.818 bits per heavy atom. The van der Waals surface area contributed by atoms with Crippen LogP contribution >= 0.6 is 9.24 Å². The van der Waals surface area contributed by atoms with E-state index in [4.69, 9.17) is 5.11 Å². The van der Waals surface area contributed by atoms with Gasteiger partial charge in [-0.15, -0.1) is 9.24 Å². The van der Waals surface area contributed by atoms with Gasteiger partial charge < -0.3 is 5.11 Å². The normalized spacial score (nSPS) is 11.2. The number of nitrogens with one attached hydrogen (secondary N) is 1. The fraction of sp³-hybridized carbons (Fsp3) is 1.00. The molecule has 134 valence electrons. The fourth-order valence-corrected chi connectivity index (χ4v) is 3.24. The number of aliphatic hydroxyl groups is 1. The Kier molecular flexibility index (Phi) is 21.7. The van der Waals surface area contributed by atoms with Gasteiger partial charge in [-0.1, -0.05) is 89.9 Å². The molecule has 0 spiro atoms. The van der Waals surface area contributed by atoms with Gasteiger partial charge in [0.1, 0.15) is 0 Å². The molecule has 3 heteroatoms. The lowest BCUT2D eigenvalue weighted by molar-refractivity contribution is 0.260. The molecule has 0 rings (SSSR count). The summed E-state index contributed by atoms with van der Waals surface area (Å²) in [5, 5.41) is 11.5. The van der Waals surface area contributed by atoms with Crippen molar-refractivity contribution in [2.24, 2.45) is 0 Å². The second-order valence-electron chi connectivity index (χ2n) is 6.60. The average Bonchev–Trinajstić information content (AvgIpc) is 2.54. The van der Waals surface area contributed by atoms with Crippen LogP contribution in [-0.4, -0.2) is 24.5 Å². The molecule has 0 aliphatic carbocycles. The van der Waals surface area contributed by atoms with Crippen molar-refractivity contribution in [3.8, 4) is 0 Å². The summed E-state index contributed by atoms with van der Waals surface area (Å²) in [5.74, 6) is 0. The van der Waals surface area contributed by atoms with Gasteiger partial charge >= 0.3 is 0 Å². The minimum atomic E-state index is 0.123. The third-order valence-electron chi connectivity index (χ3n) is 4.42.